The molecule has 0 aliphatic heterocycles. The molecule has 0 saturated heterocycles. The van der Waals surface area contributed by atoms with E-state index in [4.69, 9.17) is 5.26 Å². The first-order valence-electron chi connectivity index (χ1n) is 7.74. The van der Waals surface area contributed by atoms with Gasteiger partial charge in [-0.15, -0.1) is 0 Å². The van der Waals surface area contributed by atoms with Gasteiger partial charge < -0.3 is 10.3 Å². The zero-order valence-electron chi connectivity index (χ0n) is 14.3. The van der Waals surface area contributed by atoms with Crippen molar-refractivity contribution in [2.75, 3.05) is 0 Å². The number of carbonyl (C=O) groups excluding carboxylic acids is 1. The zero-order valence-corrected chi connectivity index (χ0v) is 14.3. The number of aromatic nitrogens is 1. The molecule has 0 aliphatic rings. The van der Waals surface area contributed by atoms with E-state index in [9.17, 15) is 9.59 Å². The Balaban J connectivity index is 2.38. The van der Waals surface area contributed by atoms with Gasteiger partial charge in [0.05, 0.1) is 6.04 Å². The van der Waals surface area contributed by atoms with Crippen LogP contribution in [0.3, 0.4) is 0 Å². The predicted molar refractivity (Wildman–Crippen MR) is 92.6 cm³/mol. The Kier molecular flexibility index (Phi) is 4.89. The van der Waals surface area contributed by atoms with Gasteiger partial charge in [-0.25, -0.2) is 0 Å². The minimum Gasteiger partial charge on any atom is -0.343 e. The summed E-state index contributed by atoms with van der Waals surface area (Å²) >= 11 is 0. The molecular weight excluding hydrogens is 302 g/mol. The van der Waals surface area contributed by atoms with Crippen LogP contribution in [0.2, 0.25) is 0 Å². The van der Waals surface area contributed by atoms with E-state index in [0.717, 1.165) is 5.56 Å². The van der Waals surface area contributed by atoms with Gasteiger partial charge >= 0.3 is 0 Å². The lowest BCUT2D eigenvalue weighted by Crippen LogP contribution is -2.38. The topological polar surface area (TPSA) is 85.8 Å². The van der Waals surface area contributed by atoms with Crippen molar-refractivity contribution in [1.29, 1.82) is 5.26 Å². The molecule has 1 heterocycles. The van der Waals surface area contributed by atoms with Crippen molar-refractivity contribution in [2.45, 2.75) is 33.7 Å². The van der Waals surface area contributed by atoms with Crippen molar-refractivity contribution in [3.05, 3.63) is 69.1 Å². The number of hydrogen-bond donors (Lipinski definition) is 2. The highest BCUT2D eigenvalue weighted by Gasteiger charge is 2.28. The molecule has 0 radical (unpaired) electrons. The first-order valence-corrected chi connectivity index (χ1v) is 7.74. The molecule has 2 N–H and O–H groups in total. The van der Waals surface area contributed by atoms with Crippen LogP contribution in [-0.4, -0.2) is 10.9 Å². The number of aryl methyl sites for hydroxylation is 1. The third-order valence-electron chi connectivity index (χ3n) is 3.86. The summed E-state index contributed by atoms with van der Waals surface area (Å²) in [5.41, 5.74) is 0.970. The monoisotopic (exact) mass is 323 g/mol. The summed E-state index contributed by atoms with van der Waals surface area (Å²) in [6, 6.07) is 12.7. The maximum Gasteiger partial charge on any atom is 0.268 e. The summed E-state index contributed by atoms with van der Waals surface area (Å²) in [6.45, 7) is 7.82. The Morgan fingerprint density at radius 2 is 1.88 bits per heavy atom. The van der Waals surface area contributed by atoms with E-state index >= 15 is 0 Å². The SMILES string of the molecule is Cc1cc(C#N)c(=O)[nH]c1C(=O)NC(c1ccccc1)C(C)(C)C. The van der Waals surface area contributed by atoms with Crippen LogP contribution in [-0.2, 0) is 0 Å². The fourth-order valence-corrected chi connectivity index (χ4v) is 2.60. The number of nitrogens with one attached hydrogen (secondary N) is 2. The number of aromatic amines is 1. The van der Waals surface area contributed by atoms with Gasteiger partial charge in [-0.2, -0.15) is 5.26 Å². The van der Waals surface area contributed by atoms with Crippen LogP contribution in [0.15, 0.2) is 41.2 Å². The minimum atomic E-state index is -0.555. The minimum absolute atomic E-state index is 0.000481. The van der Waals surface area contributed by atoms with Crippen molar-refractivity contribution in [3.63, 3.8) is 0 Å². The number of benzene rings is 1. The lowest BCUT2D eigenvalue weighted by molar-refractivity contribution is 0.0895. The van der Waals surface area contributed by atoms with Gasteiger partial charge in [-0.1, -0.05) is 51.1 Å². The van der Waals surface area contributed by atoms with Gasteiger partial charge in [0.2, 0.25) is 0 Å². The molecule has 1 aromatic heterocycles. The second-order valence-electron chi connectivity index (χ2n) is 6.87. The van der Waals surface area contributed by atoms with Crippen LogP contribution in [0, 0.1) is 23.7 Å². The Bertz CT molecular complexity index is 840. The number of amides is 1. The number of nitriles is 1. The van der Waals surface area contributed by atoms with E-state index in [1.54, 1.807) is 6.92 Å². The third-order valence-corrected chi connectivity index (χ3v) is 3.86. The first kappa shape index (κ1) is 17.5. The molecule has 0 bridgehead atoms. The Labute approximate surface area is 141 Å². The molecule has 5 heteroatoms. The fraction of sp³-hybridized carbons (Fsp3) is 0.316. The fourth-order valence-electron chi connectivity index (χ4n) is 2.60. The van der Waals surface area contributed by atoms with Crippen molar-refractivity contribution in [2.24, 2.45) is 5.41 Å². The zero-order chi connectivity index (χ0) is 17.9. The van der Waals surface area contributed by atoms with Crippen molar-refractivity contribution < 1.29 is 4.79 Å². The largest absolute Gasteiger partial charge is 0.343 e. The molecule has 2 aromatic rings. The molecule has 2 rings (SSSR count). The number of carbonyl (C=O) groups is 1. The molecule has 0 spiro atoms. The lowest BCUT2D eigenvalue weighted by atomic mass is 9.82. The molecule has 24 heavy (non-hydrogen) atoms. The average Bonchev–Trinajstić information content (AvgIpc) is 2.53. The second-order valence-corrected chi connectivity index (χ2v) is 6.87. The summed E-state index contributed by atoms with van der Waals surface area (Å²) in [5.74, 6) is -0.363. The molecule has 1 aromatic carbocycles. The van der Waals surface area contributed by atoms with E-state index in [2.05, 4.69) is 10.3 Å². The average molecular weight is 323 g/mol. The smallest absolute Gasteiger partial charge is 0.268 e. The standard InChI is InChI=1S/C19H21N3O2/c1-12-10-14(11-20)17(23)21-15(12)18(24)22-16(19(2,3)4)13-8-6-5-7-9-13/h5-10,16H,1-4H3,(H,21,23)(H,22,24). The van der Waals surface area contributed by atoms with Gasteiger partial charge in [0, 0.05) is 0 Å². The van der Waals surface area contributed by atoms with E-state index in [1.807, 2.05) is 57.2 Å². The number of nitrogens with zero attached hydrogens (tertiary/aromatic N) is 1. The van der Waals surface area contributed by atoms with Crippen LogP contribution in [0.4, 0.5) is 0 Å². The van der Waals surface area contributed by atoms with Gasteiger partial charge in [0.25, 0.3) is 11.5 Å². The van der Waals surface area contributed by atoms with Gasteiger partial charge in [-0.05, 0) is 29.5 Å². The quantitative estimate of drug-likeness (QED) is 0.910. The molecule has 0 saturated carbocycles. The molecule has 0 aliphatic carbocycles. The number of rotatable bonds is 3. The third kappa shape index (κ3) is 3.72. The molecule has 5 nitrogen and oxygen atoms in total. The Morgan fingerprint density at radius 1 is 1.25 bits per heavy atom. The lowest BCUT2D eigenvalue weighted by Gasteiger charge is -2.32. The normalized spacial score (nSPS) is 12.3. The molecule has 1 amide bonds. The maximum atomic E-state index is 12.7. The summed E-state index contributed by atoms with van der Waals surface area (Å²) in [5, 5.41) is 11.9. The van der Waals surface area contributed by atoms with Crippen LogP contribution in [0.1, 0.15) is 54.0 Å². The molecular formula is C19H21N3O2. The Morgan fingerprint density at radius 3 is 2.42 bits per heavy atom. The number of pyridine rings is 1. The van der Waals surface area contributed by atoms with Crippen LogP contribution in [0.5, 0.6) is 0 Å². The number of hydrogen-bond acceptors (Lipinski definition) is 3. The highest BCUT2D eigenvalue weighted by molar-refractivity contribution is 5.94. The summed E-state index contributed by atoms with van der Waals surface area (Å²) in [7, 11) is 0. The molecule has 1 atom stereocenters. The molecule has 0 fully saturated rings. The van der Waals surface area contributed by atoms with E-state index in [-0.39, 0.29) is 28.6 Å². The van der Waals surface area contributed by atoms with Crippen LogP contribution in [0.25, 0.3) is 0 Å². The highest BCUT2D eigenvalue weighted by atomic mass is 16.2. The maximum absolute atomic E-state index is 12.7. The summed E-state index contributed by atoms with van der Waals surface area (Å²) < 4.78 is 0. The van der Waals surface area contributed by atoms with Crippen molar-refractivity contribution in [3.8, 4) is 6.07 Å². The first-order chi connectivity index (χ1) is 11.2. The van der Waals surface area contributed by atoms with E-state index < -0.39 is 5.56 Å². The highest BCUT2D eigenvalue weighted by Crippen LogP contribution is 2.32. The summed E-state index contributed by atoms with van der Waals surface area (Å²) in [6.07, 6.45) is 0. The van der Waals surface area contributed by atoms with E-state index in [1.165, 1.54) is 6.07 Å². The van der Waals surface area contributed by atoms with Crippen molar-refractivity contribution in [1.82, 2.24) is 10.3 Å². The second kappa shape index (κ2) is 6.71. The van der Waals surface area contributed by atoms with Crippen LogP contribution >= 0.6 is 0 Å². The summed E-state index contributed by atoms with van der Waals surface area (Å²) in [4.78, 5) is 27.0. The van der Waals surface area contributed by atoms with Gasteiger partial charge in [-0.3, -0.25) is 9.59 Å². The van der Waals surface area contributed by atoms with Gasteiger partial charge in [0.1, 0.15) is 17.3 Å². The van der Waals surface area contributed by atoms with E-state index in [0.29, 0.717) is 5.56 Å². The van der Waals surface area contributed by atoms with Crippen molar-refractivity contribution >= 4 is 5.91 Å². The Hall–Kier alpha value is -2.87. The molecule has 1 unspecified atom stereocenters. The number of H-pyrrole nitrogens is 1. The molecule has 124 valence electrons. The van der Waals surface area contributed by atoms with Gasteiger partial charge in [0.15, 0.2) is 0 Å². The van der Waals surface area contributed by atoms with Crippen LogP contribution < -0.4 is 10.9 Å². The predicted octanol–water partition coefficient (Wildman–Crippen LogP) is 3.07.